The van der Waals surface area contributed by atoms with Crippen LogP contribution < -0.4 is 20.4 Å². The SMILES string of the molecule is COC[C@H](C)Nc1ncc2c(-c3cnn([C@@H]4CCN(C(=O)OC(C)(C)C)C4)c3)cc(C3CCC(O)CC3)n2n1.OC1CCC(c2cc(-c3ccnc(N4CCCCC4)c3)c3cnc(C[C@H]4CCOC4)nn23)CC1.OC1CCC(c2cc(-c3ccnc(N4CCCCC4)c3)c3cnc(NCCC(F)(F)F)nn23)CC1. The number of likely N-dealkylation sites (tertiary alicyclic amines) is 1. The number of carbonyl (C=O) groups is 1. The molecule has 16 rings (SSSR count). The molecule has 0 bridgehead atoms. The lowest BCUT2D eigenvalue weighted by Crippen LogP contribution is -2.35. The van der Waals surface area contributed by atoms with E-state index in [1.807, 2.05) is 78.5 Å². The topological polar surface area (TPSA) is 273 Å². The fourth-order valence-corrected chi connectivity index (χ4v) is 16.7. The smallest absolute Gasteiger partial charge is 0.410 e. The number of aliphatic hydroxyl groups is 3. The van der Waals surface area contributed by atoms with Crippen LogP contribution in [0.4, 0.5) is 41.5 Å². The van der Waals surface area contributed by atoms with E-state index in [0.29, 0.717) is 43.4 Å². The molecule has 3 aliphatic carbocycles. The second-order valence-corrected chi connectivity index (χ2v) is 31.9. The number of carbonyl (C=O) groups excluding carboxylic acids is 1. The molecule has 0 aromatic carbocycles. The maximum Gasteiger partial charge on any atom is 0.410 e. The highest BCUT2D eigenvalue weighted by atomic mass is 19.4. The van der Waals surface area contributed by atoms with Crippen LogP contribution in [0.2, 0.25) is 0 Å². The first kappa shape index (κ1) is 76.2. The van der Waals surface area contributed by atoms with Crippen LogP contribution in [0.5, 0.6) is 0 Å². The number of nitrogens with zero attached hydrogens (tertiary/aromatic N) is 16. The number of ether oxygens (including phenoxy) is 3. The minimum absolute atomic E-state index is 0.0700. The molecule has 1 amide bonds. The summed E-state index contributed by atoms with van der Waals surface area (Å²) in [5, 5.41) is 55.4. The minimum Gasteiger partial charge on any atom is -0.444 e. The molecule has 7 aliphatic rings. The first-order valence-corrected chi connectivity index (χ1v) is 39.5. The Labute approximate surface area is 629 Å². The number of hydrogen-bond acceptors (Lipinski definition) is 20. The van der Waals surface area contributed by atoms with Crippen molar-refractivity contribution >= 4 is 46.2 Å². The molecule has 108 heavy (non-hydrogen) atoms. The van der Waals surface area contributed by atoms with E-state index >= 15 is 0 Å². The number of nitrogens with one attached hydrogen (secondary N) is 2. The van der Waals surface area contributed by atoms with Gasteiger partial charge in [-0.2, -0.15) is 23.4 Å². The van der Waals surface area contributed by atoms with Crippen LogP contribution in [0.1, 0.15) is 209 Å². The number of aliphatic hydroxyl groups excluding tert-OH is 3. The average Bonchev–Trinajstić information content (AvgIpc) is 1.62. The first-order valence-electron chi connectivity index (χ1n) is 39.5. The lowest BCUT2D eigenvalue weighted by molar-refractivity contribution is -0.131. The molecule has 0 spiro atoms. The largest absolute Gasteiger partial charge is 0.444 e. The lowest BCUT2D eigenvalue weighted by Gasteiger charge is -2.27. The number of pyridine rings is 2. The maximum absolute atomic E-state index is 12.6. The summed E-state index contributed by atoms with van der Waals surface area (Å²) in [6.07, 6.45) is 27.5. The summed E-state index contributed by atoms with van der Waals surface area (Å²) in [5.74, 6) is 5.07. The van der Waals surface area contributed by atoms with Gasteiger partial charge in [-0.3, -0.25) is 4.68 Å². The Bertz CT molecular complexity index is 4460. The molecule has 28 heteroatoms. The van der Waals surface area contributed by atoms with Gasteiger partial charge in [0.1, 0.15) is 23.1 Å². The molecule has 5 N–H and O–H groups in total. The number of hydrogen-bond donors (Lipinski definition) is 5. The van der Waals surface area contributed by atoms with E-state index in [2.05, 4.69) is 92.7 Å². The van der Waals surface area contributed by atoms with Gasteiger partial charge < -0.3 is 54.9 Å². The van der Waals surface area contributed by atoms with Crippen molar-refractivity contribution in [1.29, 1.82) is 0 Å². The summed E-state index contributed by atoms with van der Waals surface area (Å²) in [4.78, 5) is 42.0. The predicted octanol–water partition coefficient (Wildman–Crippen LogP) is 13.8. The quantitative estimate of drug-likeness (QED) is 0.0534. The summed E-state index contributed by atoms with van der Waals surface area (Å²) in [7, 11) is 1.68. The number of halogens is 3. The third-order valence-corrected chi connectivity index (χ3v) is 22.6. The minimum atomic E-state index is -4.24. The Morgan fingerprint density at radius 1 is 0.602 bits per heavy atom. The Kier molecular flexibility index (Phi) is 24.1. The van der Waals surface area contributed by atoms with E-state index < -0.39 is 18.2 Å². The van der Waals surface area contributed by atoms with Crippen LogP contribution in [-0.4, -0.2) is 199 Å². The zero-order valence-electron chi connectivity index (χ0n) is 63.2. The number of piperidine rings is 2. The van der Waals surface area contributed by atoms with E-state index in [0.717, 1.165) is 216 Å². The molecule has 9 aromatic rings. The van der Waals surface area contributed by atoms with Crippen molar-refractivity contribution in [3.05, 3.63) is 109 Å². The molecule has 3 saturated carbocycles. The molecular weight excluding hydrogens is 1380 g/mol. The van der Waals surface area contributed by atoms with E-state index in [1.54, 1.807) is 18.2 Å². The zero-order chi connectivity index (χ0) is 75.1. The van der Waals surface area contributed by atoms with Gasteiger partial charge in [0.05, 0.1) is 78.7 Å². The van der Waals surface area contributed by atoms with Crippen LogP contribution in [0, 0.1) is 5.92 Å². The number of rotatable bonds is 18. The number of methoxy groups -OCH3 is 1. The molecule has 580 valence electrons. The maximum atomic E-state index is 12.6. The van der Waals surface area contributed by atoms with Gasteiger partial charge in [0.25, 0.3) is 0 Å². The van der Waals surface area contributed by atoms with Crippen molar-refractivity contribution in [3.63, 3.8) is 0 Å². The van der Waals surface area contributed by atoms with Gasteiger partial charge in [-0.1, -0.05) is 0 Å². The van der Waals surface area contributed by atoms with Gasteiger partial charge in [-0.25, -0.2) is 43.3 Å². The highest BCUT2D eigenvalue weighted by Crippen LogP contribution is 2.43. The monoisotopic (exact) mass is 1490 g/mol. The summed E-state index contributed by atoms with van der Waals surface area (Å²) in [5.41, 5.74) is 12.0. The predicted molar refractivity (Wildman–Crippen MR) is 409 cm³/mol. The van der Waals surface area contributed by atoms with Crippen molar-refractivity contribution in [2.75, 3.05) is 93.2 Å². The summed E-state index contributed by atoms with van der Waals surface area (Å²) in [6.45, 7) is 15.0. The third kappa shape index (κ3) is 18.6. The second kappa shape index (κ2) is 34.1. The standard InChI is InChI=1S/C28H41N7O4.C27H35N5O2.C25H31F3N6O/c1-18(17-38-5)31-26-29-14-25-23(12-24(35(25)32-26)19-6-8-22(36)9-7-19)20-13-30-34(15-20)21-10-11-33(16-21)27(37)39-28(2,3)4;33-22-6-4-20(5-7-22)24-16-23(21-8-10-28-27(15-21)31-11-2-1-3-12-31)25-17-29-26(30-32(24)25)14-19-9-13-34-18-19;26-25(27,28)9-11-30-24-31-16-22-20(15-21(34(22)32-24)17-4-6-19(35)7-5-17)18-8-10-29-23(14-18)33-12-2-1-3-13-33/h12-15,18-19,21-22,36H,6-11,16-17H2,1-5H3,(H,31,32);8,10,15-17,19-20,22,33H,1-7,9,11-14,18H2;8,10,14-17,19,35H,1-7,9,11-13H2,(H,30,32)/t18-,19?,21+,22?;19-,20?,22?;/m01./s1. The number of aromatic nitrogens is 13. The Hall–Kier alpha value is -8.57. The molecule has 13 heterocycles. The second-order valence-electron chi connectivity index (χ2n) is 31.9. The number of fused-ring (bicyclic) bond motifs is 3. The highest BCUT2D eigenvalue weighted by Gasteiger charge is 2.35. The Morgan fingerprint density at radius 2 is 1.10 bits per heavy atom. The van der Waals surface area contributed by atoms with Gasteiger partial charge >= 0.3 is 12.3 Å². The molecule has 25 nitrogen and oxygen atoms in total. The molecule has 4 saturated heterocycles. The summed E-state index contributed by atoms with van der Waals surface area (Å²) in [6, 6.07) is 15.2. The Morgan fingerprint density at radius 3 is 1.60 bits per heavy atom. The number of alkyl halides is 3. The van der Waals surface area contributed by atoms with Crippen LogP contribution >= 0.6 is 0 Å². The Balaban J connectivity index is 0.000000136. The van der Waals surface area contributed by atoms with Gasteiger partial charge in [0.2, 0.25) is 11.9 Å². The van der Waals surface area contributed by atoms with Gasteiger partial charge in [-0.15, -0.1) is 10.2 Å². The first-order chi connectivity index (χ1) is 52.2. The van der Waals surface area contributed by atoms with E-state index in [9.17, 15) is 33.3 Å². The van der Waals surface area contributed by atoms with Gasteiger partial charge in [0, 0.05) is 154 Å². The molecule has 4 aliphatic heterocycles. The van der Waals surface area contributed by atoms with E-state index in [-0.39, 0.29) is 54.9 Å². The molecule has 7 fully saturated rings. The number of anilines is 4. The number of amides is 1. The molecular formula is C80H107F3N18O7. The van der Waals surface area contributed by atoms with Crippen molar-refractivity contribution in [2.45, 2.75) is 229 Å². The highest BCUT2D eigenvalue weighted by molar-refractivity contribution is 5.84. The van der Waals surface area contributed by atoms with Gasteiger partial charge in [-0.05, 0) is 216 Å². The fraction of sp³-hybridized carbons (Fsp3) is 0.600. The summed E-state index contributed by atoms with van der Waals surface area (Å²) >= 11 is 0. The average molecular weight is 1490 g/mol. The van der Waals surface area contributed by atoms with Crippen LogP contribution in [0.3, 0.4) is 0 Å². The molecule has 0 radical (unpaired) electrons. The van der Waals surface area contributed by atoms with Crippen molar-refractivity contribution < 1.29 is 47.5 Å². The normalized spacial score (nSPS) is 23.3. The van der Waals surface area contributed by atoms with Crippen LogP contribution in [-0.2, 0) is 20.6 Å². The molecule has 0 unspecified atom stereocenters. The van der Waals surface area contributed by atoms with Crippen molar-refractivity contribution in [2.24, 2.45) is 5.92 Å². The van der Waals surface area contributed by atoms with Crippen LogP contribution in [0.25, 0.3) is 49.9 Å². The molecule has 3 atom stereocenters. The lowest BCUT2D eigenvalue weighted by atomic mass is 9.85. The van der Waals surface area contributed by atoms with E-state index in [1.165, 1.54) is 42.5 Å². The summed E-state index contributed by atoms with van der Waals surface area (Å²) < 4.78 is 62.1. The van der Waals surface area contributed by atoms with Crippen molar-refractivity contribution in [3.8, 4) is 33.4 Å². The third-order valence-electron chi connectivity index (χ3n) is 22.6. The van der Waals surface area contributed by atoms with Crippen molar-refractivity contribution in [1.82, 2.24) is 68.4 Å². The zero-order valence-corrected chi connectivity index (χ0v) is 63.2. The van der Waals surface area contributed by atoms with Crippen LogP contribution in [0.15, 0.2) is 85.8 Å². The molecule has 9 aromatic heterocycles. The fourth-order valence-electron chi connectivity index (χ4n) is 16.7. The van der Waals surface area contributed by atoms with E-state index in [4.69, 9.17) is 34.4 Å². The van der Waals surface area contributed by atoms with Gasteiger partial charge in [0.15, 0.2) is 0 Å².